The number of halogens is 3. The number of aromatic nitrogens is 3. The van der Waals surface area contributed by atoms with E-state index in [2.05, 4.69) is 4.98 Å². The first-order chi connectivity index (χ1) is 14.2. The second kappa shape index (κ2) is 7.26. The minimum Gasteiger partial charge on any atom is -0.373 e. The second-order valence-corrected chi connectivity index (χ2v) is 7.49. The highest BCUT2D eigenvalue weighted by molar-refractivity contribution is 5.66. The summed E-state index contributed by atoms with van der Waals surface area (Å²) in [5, 5.41) is 14.0. The Bertz CT molecular complexity index is 1150. The van der Waals surface area contributed by atoms with Crippen LogP contribution in [0.15, 0.2) is 30.3 Å². The number of hydrogen-bond acceptors (Lipinski definition) is 4. The van der Waals surface area contributed by atoms with E-state index >= 15 is 0 Å². The van der Waals surface area contributed by atoms with Crippen LogP contribution in [0.1, 0.15) is 40.7 Å². The second-order valence-electron chi connectivity index (χ2n) is 7.49. The molecule has 2 aromatic heterocycles. The van der Waals surface area contributed by atoms with Crippen molar-refractivity contribution in [3.05, 3.63) is 64.1 Å². The first-order valence-electron chi connectivity index (χ1n) is 9.47. The summed E-state index contributed by atoms with van der Waals surface area (Å²) in [6.45, 7) is 6.09. The fourth-order valence-corrected chi connectivity index (χ4v) is 3.82. The lowest BCUT2D eigenvalue weighted by Gasteiger charge is -2.21. The maximum atomic E-state index is 13.2. The summed E-state index contributed by atoms with van der Waals surface area (Å²) in [7, 11) is 0. The van der Waals surface area contributed by atoms with Crippen LogP contribution in [0, 0.1) is 25.2 Å². The van der Waals surface area contributed by atoms with Gasteiger partial charge in [0, 0.05) is 28.9 Å². The molecule has 1 aliphatic heterocycles. The molecule has 0 saturated heterocycles. The predicted octanol–water partition coefficient (Wildman–Crippen LogP) is 4.90. The van der Waals surface area contributed by atoms with Crippen molar-refractivity contribution in [3.63, 3.8) is 0 Å². The molecule has 5 nitrogen and oxygen atoms in total. The summed E-state index contributed by atoms with van der Waals surface area (Å²) in [6.07, 6.45) is -4.08. The number of aryl methyl sites for hydroxylation is 2. The van der Waals surface area contributed by atoms with Crippen LogP contribution in [0.2, 0.25) is 0 Å². The third kappa shape index (κ3) is 3.57. The fraction of sp³-hybridized carbons (Fsp3) is 0.318. The lowest BCUT2D eigenvalue weighted by Crippen LogP contribution is -2.21. The monoisotopic (exact) mass is 412 g/mol. The van der Waals surface area contributed by atoms with E-state index in [1.807, 2.05) is 32.9 Å². The van der Waals surface area contributed by atoms with Crippen molar-refractivity contribution in [2.24, 2.45) is 0 Å². The molecule has 3 heterocycles. The average molecular weight is 412 g/mol. The van der Waals surface area contributed by atoms with Gasteiger partial charge in [0.25, 0.3) is 0 Å². The summed E-state index contributed by atoms with van der Waals surface area (Å²) >= 11 is 0. The molecule has 0 radical (unpaired) electrons. The molecular formula is C22H19F3N4O. The van der Waals surface area contributed by atoms with Gasteiger partial charge in [-0.05, 0) is 51.1 Å². The summed E-state index contributed by atoms with van der Waals surface area (Å²) in [4.78, 5) is 4.40. The zero-order valence-electron chi connectivity index (χ0n) is 16.7. The zero-order valence-corrected chi connectivity index (χ0v) is 16.7. The van der Waals surface area contributed by atoms with E-state index in [4.69, 9.17) is 9.84 Å². The Balaban J connectivity index is 1.91. The van der Waals surface area contributed by atoms with Crippen molar-refractivity contribution >= 4 is 0 Å². The number of hydrogen-bond donors (Lipinski definition) is 0. The van der Waals surface area contributed by atoms with Crippen molar-refractivity contribution < 1.29 is 17.9 Å². The SMILES string of the molecule is Cc1cc(-c2nn(-c3ccc(C(F)(F)F)c(C#N)c3)c3c2CO[C@@H](C)C3)cc(C)n1. The van der Waals surface area contributed by atoms with Gasteiger partial charge in [0.1, 0.15) is 0 Å². The number of alkyl halides is 3. The van der Waals surface area contributed by atoms with Gasteiger partial charge in [-0.15, -0.1) is 0 Å². The summed E-state index contributed by atoms with van der Waals surface area (Å²) in [6, 6.07) is 9.03. The Morgan fingerprint density at radius 3 is 2.50 bits per heavy atom. The van der Waals surface area contributed by atoms with Crippen LogP contribution in [0.3, 0.4) is 0 Å². The van der Waals surface area contributed by atoms with E-state index in [1.165, 1.54) is 12.1 Å². The Hall–Kier alpha value is -3.18. The van der Waals surface area contributed by atoms with Gasteiger partial charge in [0.2, 0.25) is 0 Å². The summed E-state index contributed by atoms with van der Waals surface area (Å²) in [5.74, 6) is 0. The third-order valence-corrected chi connectivity index (χ3v) is 5.11. The molecule has 0 N–H and O–H groups in total. The topological polar surface area (TPSA) is 63.7 Å². The van der Waals surface area contributed by atoms with Gasteiger partial charge in [-0.3, -0.25) is 4.98 Å². The van der Waals surface area contributed by atoms with Gasteiger partial charge in [0.15, 0.2) is 0 Å². The van der Waals surface area contributed by atoms with Crippen molar-refractivity contribution in [1.29, 1.82) is 5.26 Å². The number of rotatable bonds is 2. The molecule has 0 amide bonds. The van der Waals surface area contributed by atoms with Crippen LogP contribution in [-0.4, -0.2) is 20.9 Å². The maximum Gasteiger partial charge on any atom is 0.417 e. The molecule has 0 aliphatic carbocycles. The van der Waals surface area contributed by atoms with E-state index in [0.717, 1.165) is 34.3 Å². The molecule has 1 aromatic carbocycles. The molecule has 1 atom stereocenters. The molecule has 0 bridgehead atoms. The molecule has 0 fully saturated rings. The fourth-order valence-electron chi connectivity index (χ4n) is 3.82. The van der Waals surface area contributed by atoms with Crippen LogP contribution in [0.25, 0.3) is 16.9 Å². The first kappa shape index (κ1) is 20.1. The number of benzene rings is 1. The highest BCUT2D eigenvalue weighted by Gasteiger charge is 2.34. The molecule has 4 rings (SSSR count). The summed E-state index contributed by atoms with van der Waals surface area (Å²) in [5.41, 5.74) is 4.09. The van der Waals surface area contributed by atoms with Crippen LogP contribution >= 0.6 is 0 Å². The van der Waals surface area contributed by atoms with Gasteiger partial charge < -0.3 is 4.74 Å². The quantitative estimate of drug-likeness (QED) is 0.600. The van der Waals surface area contributed by atoms with Crippen LogP contribution in [0.5, 0.6) is 0 Å². The molecular weight excluding hydrogens is 393 g/mol. The number of nitrogens with zero attached hydrogens (tertiary/aromatic N) is 4. The van der Waals surface area contributed by atoms with Gasteiger partial charge in [0.05, 0.1) is 47.0 Å². The lowest BCUT2D eigenvalue weighted by atomic mass is 10.0. The van der Waals surface area contributed by atoms with Crippen molar-refractivity contribution in [3.8, 4) is 23.0 Å². The van der Waals surface area contributed by atoms with Gasteiger partial charge in [-0.2, -0.15) is 23.5 Å². The Labute approximate surface area is 171 Å². The highest BCUT2D eigenvalue weighted by Crippen LogP contribution is 2.35. The number of nitriles is 1. The number of fused-ring (bicyclic) bond motifs is 1. The third-order valence-electron chi connectivity index (χ3n) is 5.11. The minimum absolute atomic E-state index is 0.0494. The molecule has 0 unspecified atom stereocenters. The van der Waals surface area contributed by atoms with Gasteiger partial charge >= 0.3 is 6.18 Å². The highest BCUT2D eigenvalue weighted by atomic mass is 19.4. The van der Waals surface area contributed by atoms with E-state index in [0.29, 0.717) is 24.4 Å². The van der Waals surface area contributed by atoms with Crippen molar-refractivity contribution in [2.75, 3.05) is 0 Å². The Morgan fingerprint density at radius 1 is 1.17 bits per heavy atom. The molecule has 30 heavy (non-hydrogen) atoms. The molecule has 1 aliphatic rings. The molecule has 8 heteroatoms. The van der Waals surface area contributed by atoms with E-state index in [-0.39, 0.29) is 6.10 Å². The minimum atomic E-state index is -4.59. The zero-order chi connectivity index (χ0) is 21.6. The van der Waals surface area contributed by atoms with Gasteiger partial charge in [-0.1, -0.05) is 0 Å². The smallest absolute Gasteiger partial charge is 0.373 e. The van der Waals surface area contributed by atoms with E-state index in [9.17, 15) is 18.4 Å². The molecule has 154 valence electrons. The maximum absolute atomic E-state index is 13.2. The van der Waals surface area contributed by atoms with Crippen LogP contribution in [-0.2, 0) is 23.9 Å². The van der Waals surface area contributed by atoms with Crippen molar-refractivity contribution in [2.45, 2.75) is 46.1 Å². The summed E-state index contributed by atoms with van der Waals surface area (Å²) < 4.78 is 47.0. The largest absolute Gasteiger partial charge is 0.417 e. The average Bonchev–Trinajstić information content (AvgIpc) is 3.04. The van der Waals surface area contributed by atoms with E-state index < -0.39 is 17.3 Å². The van der Waals surface area contributed by atoms with Crippen molar-refractivity contribution in [1.82, 2.24) is 14.8 Å². The van der Waals surface area contributed by atoms with Gasteiger partial charge in [-0.25, -0.2) is 4.68 Å². The Kier molecular flexibility index (Phi) is 4.86. The molecule has 0 saturated carbocycles. The van der Waals surface area contributed by atoms with Crippen LogP contribution in [0.4, 0.5) is 13.2 Å². The number of pyridine rings is 1. The lowest BCUT2D eigenvalue weighted by molar-refractivity contribution is -0.137. The van der Waals surface area contributed by atoms with E-state index in [1.54, 1.807) is 10.8 Å². The first-order valence-corrected chi connectivity index (χ1v) is 9.47. The molecule has 0 spiro atoms. The molecule has 3 aromatic rings. The predicted molar refractivity (Wildman–Crippen MR) is 104 cm³/mol. The standard InChI is InChI=1S/C22H19F3N4O/c1-12-6-15(7-13(2)27-12)21-18-11-30-14(3)8-20(18)29(28-21)17-4-5-19(22(23,24)25)16(9-17)10-26/h4-7,9,14H,8,11H2,1-3H3/t14-/m0/s1. The Morgan fingerprint density at radius 2 is 1.87 bits per heavy atom. The van der Waals surface area contributed by atoms with Crippen LogP contribution < -0.4 is 0 Å². The normalized spacial score (nSPS) is 16.2. The number of ether oxygens (including phenoxy) is 1.